The highest BCUT2D eigenvalue weighted by Gasteiger charge is 2.49. The van der Waals surface area contributed by atoms with Crippen LogP contribution in [0.3, 0.4) is 0 Å². The molecule has 10 heteroatoms. The standard InChI is InChI=1S/C14H13Cl2N3O3S2/c1-8(20)18-14-19(12-6-24(21,22)7-13(12)23-14)17-5-9-10(15)3-2-4-11(9)16/h2-5,12-13H,6-7H2,1H3/b17-5-,18-14?/t12-,13+/m0/s1. The van der Waals surface area contributed by atoms with Crippen LogP contribution in [-0.2, 0) is 14.6 Å². The summed E-state index contributed by atoms with van der Waals surface area (Å²) in [7, 11) is -3.12. The van der Waals surface area contributed by atoms with Gasteiger partial charge in [0, 0.05) is 12.5 Å². The Hall–Kier alpha value is -1.09. The molecule has 3 rings (SSSR count). The van der Waals surface area contributed by atoms with Gasteiger partial charge in [0.25, 0.3) is 0 Å². The summed E-state index contributed by atoms with van der Waals surface area (Å²) in [5, 5.41) is 6.88. The SMILES string of the molecule is CC(=O)N=C1S[C@@H]2CS(=O)(=O)C[C@@H]2N1/N=C\c1c(Cl)cccc1Cl. The Morgan fingerprint density at radius 3 is 2.62 bits per heavy atom. The van der Waals surface area contributed by atoms with Gasteiger partial charge >= 0.3 is 0 Å². The van der Waals surface area contributed by atoms with E-state index in [1.807, 2.05) is 0 Å². The highest BCUT2D eigenvalue weighted by molar-refractivity contribution is 8.15. The van der Waals surface area contributed by atoms with E-state index in [4.69, 9.17) is 23.2 Å². The number of rotatable bonds is 2. The second kappa shape index (κ2) is 6.67. The van der Waals surface area contributed by atoms with Crippen molar-refractivity contribution in [2.24, 2.45) is 10.1 Å². The average molecular weight is 406 g/mol. The fourth-order valence-corrected chi connectivity index (χ4v) is 6.94. The van der Waals surface area contributed by atoms with Gasteiger partial charge in [0.05, 0.1) is 39.1 Å². The summed E-state index contributed by atoms with van der Waals surface area (Å²) < 4.78 is 23.7. The van der Waals surface area contributed by atoms with Gasteiger partial charge in [-0.15, -0.1) is 0 Å². The van der Waals surface area contributed by atoms with Crippen LogP contribution >= 0.6 is 35.0 Å². The van der Waals surface area contributed by atoms with Crippen LogP contribution < -0.4 is 0 Å². The largest absolute Gasteiger partial charge is 0.273 e. The molecule has 0 radical (unpaired) electrons. The first-order valence-corrected chi connectivity index (χ1v) is 10.5. The highest BCUT2D eigenvalue weighted by atomic mass is 35.5. The van der Waals surface area contributed by atoms with Crippen LogP contribution in [0.1, 0.15) is 12.5 Å². The maximum absolute atomic E-state index is 11.9. The maximum atomic E-state index is 11.9. The van der Waals surface area contributed by atoms with Gasteiger partial charge in [-0.05, 0) is 12.1 Å². The molecule has 0 bridgehead atoms. The minimum Gasteiger partial charge on any atom is -0.273 e. The molecule has 1 aromatic carbocycles. The zero-order valence-electron chi connectivity index (χ0n) is 12.5. The van der Waals surface area contributed by atoms with Gasteiger partial charge in [0.15, 0.2) is 15.0 Å². The fraction of sp³-hybridized carbons (Fsp3) is 0.357. The summed E-state index contributed by atoms with van der Waals surface area (Å²) in [5.74, 6) is -0.329. The van der Waals surface area contributed by atoms with Crippen molar-refractivity contribution in [2.45, 2.75) is 18.2 Å². The average Bonchev–Trinajstić information content (AvgIpc) is 2.90. The second-order valence-corrected chi connectivity index (χ2v) is 9.61. The zero-order valence-corrected chi connectivity index (χ0v) is 15.7. The lowest BCUT2D eigenvalue weighted by molar-refractivity contribution is -0.115. The van der Waals surface area contributed by atoms with Crippen LogP contribution in [-0.4, -0.2) is 53.5 Å². The van der Waals surface area contributed by atoms with E-state index >= 15 is 0 Å². The molecule has 2 heterocycles. The van der Waals surface area contributed by atoms with Crippen molar-refractivity contribution in [3.63, 3.8) is 0 Å². The number of hydrogen-bond acceptors (Lipinski definition) is 5. The molecule has 2 atom stereocenters. The molecular weight excluding hydrogens is 393 g/mol. The van der Waals surface area contributed by atoms with E-state index in [0.717, 1.165) is 0 Å². The molecule has 0 aromatic heterocycles. The number of carbonyl (C=O) groups is 1. The molecule has 1 aromatic rings. The number of hydrogen-bond donors (Lipinski definition) is 0. The topological polar surface area (TPSA) is 79.2 Å². The maximum Gasteiger partial charge on any atom is 0.245 e. The van der Waals surface area contributed by atoms with Crippen LogP contribution in [0, 0.1) is 0 Å². The van der Waals surface area contributed by atoms with Crippen LogP contribution in [0.15, 0.2) is 28.3 Å². The van der Waals surface area contributed by atoms with E-state index in [1.165, 1.54) is 29.9 Å². The molecule has 128 valence electrons. The summed E-state index contributed by atoms with van der Waals surface area (Å²) in [4.78, 5) is 15.3. The van der Waals surface area contributed by atoms with Crippen molar-refractivity contribution in [3.05, 3.63) is 33.8 Å². The monoisotopic (exact) mass is 405 g/mol. The van der Waals surface area contributed by atoms with E-state index in [9.17, 15) is 13.2 Å². The number of hydrazone groups is 1. The van der Waals surface area contributed by atoms with Crippen LogP contribution in [0.4, 0.5) is 0 Å². The molecule has 2 saturated heterocycles. The third kappa shape index (κ3) is 3.61. The Labute approximate surface area is 153 Å². The number of nitrogens with zero attached hydrogens (tertiary/aromatic N) is 3. The predicted octanol–water partition coefficient (Wildman–Crippen LogP) is 2.44. The molecule has 0 saturated carbocycles. The number of carbonyl (C=O) groups excluding carboxylic acids is 1. The number of halogens is 2. The quantitative estimate of drug-likeness (QED) is 0.705. The molecule has 0 aliphatic carbocycles. The minimum absolute atomic E-state index is 0.0187. The van der Waals surface area contributed by atoms with Crippen molar-refractivity contribution >= 4 is 62.1 Å². The van der Waals surface area contributed by atoms with Crippen molar-refractivity contribution in [1.29, 1.82) is 0 Å². The van der Waals surface area contributed by atoms with Gasteiger partial charge < -0.3 is 0 Å². The molecule has 0 N–H and O–H groups in total. The molecule has 1 amide bonds. The van der Waals surface area contributed by atoms with Gasteiger partial charge in [-0.2, -0.15) is 10.1 Å². The third-order valence-corrected chi connectivity index (χ3v) is 7.46. The lowest BCUT2D eigenvalue weighted by atomic mass is 10.2. The van der Waals surface area contributed by atoms with E-state index in [0.29, 0.717) is 20.8 Å². The van der Waals surface area contributed by atoms with Crippen LogP contribution in [0.25, 0.3) is 0 Å². The Balaban J connectivity index is 1.95. The Bertz CT molecular complexity index is 835. The van der Waals surface area contributed by atoms with Crippen LogP contribution in [0.5, 0.6) is 0 Å². The molecule has 24 heavy (non-hydrogen) atoms. The zero-order chi connectivity index (χ0) is 17.5. The van der Waals surface area contributed by atoms with E-state index in [1.54, 1.807) is 18.2 Å². The minimum atomic E-state index is -3.12. The Morgan fingerprint density at radius 2 is 2.00 bits per heavy atom. The van der Waals surface area contributed by atoms with Gasteiger partial charge in [-0.3, -0.25) is 4.79 Å². The van der Waals surface area contributed by atoms with Crippen molar-refractivity contribution in [2.75, 3.05) is 11.5 Å². The molecule has 2 aliphatic rings. The predicted molar refractivity (Wildman–Crippen MR) is 97.8 cm³/mol. The summed E-state index contributed by atoms with van der Waals surface area (Å²) >= 11 is 13.5. The van der Waals surface area contributed by atoms with Gasteiger partial charge in [-0.1, -0.05) is 41.0 Å². The number of benzene rings is 1. The van der Waals surface area contributed by atoms with Crippen molar-refractivity contribution < 1.29 is 13.2 Å². The van der Waals surface area contributed by atoms with Crippen molar-refractivity contribution in [1.82, 2.24) is 5.01 Å². The molecule has 2 fully saturated rings. The summed E-state index contributed by atoms with van der Waals surface area (Å²) in [5.41, 5.74) is 0.525. The van der Waals surface area contributed by atoms with E-state index < -0.39 is 9.84 Å². The first-order valence-electron chi connectivity index (χ1n) is 7.00. The number of amidine groups is 1. The lowest BCUT2D eigenvalue weighted by Gasteiger charge is -2.18. The third-order valence-electron chi connectivity index (χ3n) is 3.60. The van der Waals surface area contributed by atoms with Crippen molar-refractivity contribution in [3.8, 4) is 0 Å². The smallest absolute Gasteiger partial charge is 0.245 e. The molecule has 0 unspecified atom stereocenters. The van der Waals surface area contributed by atoms with Gasteiger partial charge in [0.2, 0.25) is 5.91 Å². The number of sulfone groups is 1. The number of aliphatic imine (C=N–C) groups is 1. The summed E-state index contributed by atoms with van der Waals surface area (Å²) in [6.07, 6.45) is 1.47. The fourth-order valence-electron chi connectivity index (χ4n) is 2.57. The van der Waals surface area contributed by atoms with Gasteiger partial charge in [-0.25, -0.2) is 13.4 Å². The summed E-state index contributed by atoms with van der Waals surface area (Å²) in [6.45, 7) is 1.34. The number of fused-ring (bicyclic) bond motifs is 1. The first-order chi connectivity index (χ1) is 11.3. The molecule has 2 aliphatic heterocycles. The number of thioether (sulfide) groups is 1. The van der Waals surface area contributed by atoms with Crippen LogP contribution in [0.2, 0.25) is 10.0 Å². The summed E-state index contributed by atoms with van der Waals surface area (Å²) in [6, 6.07) is 4.73. The number of amides is 1. The highest BCUT2D eigenvalue weighted by Crippen LogP contribution is 2.38. The molecular formula is C14H13Cl2N3O3S2. The van der Waals surface area contributed by atoms with Gasteiger partial charge in [0.1, 0.15) is 0 Å². The normalized spacial score (nSPS) is 27.1. The lowest BCUT2D eigenvalue weighted by Crippen LogP contribution is -2.33. The molecule has 6 nitrogen and oxygen atoms in total. The Morgan fingerprint density at radius 1 is 1.33 bits per heavy atom. The Kier molecular flexibility index (Phi) is 4.92. The second-order valence-electron chi connectivity index (χ2n) is 5.44. The van der Waals surface area contributed by atoms with E-state index in [2.05, 4.69) is 10.1 Å². The van der Waals surface area contributed by atoms with E-state index in [-0.39, 0.29) is 28.7 Å². The molecule has 0 spiro atoms. The first kappa shape index (κ1) is 17.7.